The second-order valence-electron chi connectivity index (χ2n) is 2.98. The van der Waals surface area contributed by atoms with E-state index in [0.29, 0.717) is 0 Å². The molecule has 0 saturated carbocycles. The molecule has 70 valence electrons. The van der Waals surface area contributed by atoms with Crippen molar-refractivity contribution < 1.29 is 19.4 Å². The molecule has 1 aliphatic carbocycles. The average molecular weight is 344 g/mol. The number of fused-ring (bicyclic) bond motifs is 1. The van der Waals surface area contributed by atoms with Crippen LogP contribution in [-0.4, -0.2) is 3.90 Å². The summed E-state index contributed by atoms with van der Waals surface area (Å²) in [7, 11) is 0. The van der Waals surface area contributed by atoms with Crippen molar-refractivity contribution in [3.05, 3.63) is 35.4 Å². The molecule has 0 bridgehead atoms. The van der Waals surface area contributed by atoms with Crippen LogP contribution in [0.1, 0.15) is 31.4 Å². The molecule has 0 heterocycles. The van der Waals surface area contributed by atoms with Crippen LogP contribution in [0.25, 0.3) is 0 Å². The van der Waals surface area contributed by atoms with Crippen LogP contribution in [0.15, 0.2) is 24.3 Å². The van der Waals surface area contributed by atoms with Gasteiger partial charge in [-0.05, 0) is 0 Å². The minimum atomic E-state index is 1.24. The molecule has 0 aliphatic heterocycles. The molecule has 1 aliphatic rings. The van der Waals surface area contributed by atoms with Gasteiger partial charge in [0.25, 0.3) is 0 Å². The SMILES string of the molecule is CC.[W]=[C]1CCc2ccccc2C1. The van der Waals surface area contributed by atoms with Crippen molar-refractivity contribution in [3.8, 4) is 0 Å². The van der Waals surface area contributed by atoms with Crippen LogP contribution in [0.2, 0.25) is 0 Å². The van der Waals surface area contributed by atoms with Gasteiger partial charge in [0.15, 0.2) is 0 Å². The Bertz CT molecular complexity index is 289. The average Bonchev–Trinajstić information content (AvgIpc) is 2.21. The number of hydrogen-bond acceptors (Lipinski definition) is 0. The van der Waals surface area contributed by atoms with E-state index in [1.54, 1.807) is 34.4 Å². The third-order valence-electron chi connectivity index (χ3n) is 2.18. The van der Waals surface area contributed by atoms with E-state index >= 15 is 0 Å². The fraction of sp³-hybridized carbons (Fsp3) is 0.417. The van der Waals surface area contributed by atoms with E-state index in [4.69, 9.17) is 0 Å². The molecule has 0 fully saturated rings. The number of aryl methyl sites for hydroxylation is 1. The summed E-state index contributed by atoms with van der Waals surface area (Å²) in [4.78, 5) is 0. The van der Waals surface area contributed by atoms with Crippen molar-refractivity contribution in [2.75, 3.05) is 0 Å². The van der Waals surface area contributed by atoms with Crippen molar-refractivity contribution in [2.45, 2.75) is 33.1 Å². The zero-order valence-electron chi connectivity index (χ0n) is 8.34. The Morgan fingerprint density at radius 3 is 2.31 bits per heavy atom. The number of rotatable bonds is 0. The van der Waals surface area contributed by atoms with Crippen LogP contribution in [0.5, 0.6) is 0 Å². The molecule has 0 aromatic heterocycles. The predicted molar refractivity (Wildman–Crippen MR) is 54.8 cm³/mol. The van der Waals surface area contributed by atoms with Crippen molar-refractivity contribution >= 4 is 3.90 Å². The summed E-state index contributed by atoms with van der Waals surface area (Å²) < 4.78 is 1.71. The standard InChI is InChI=1S/C10H10.C2H6.W/c1-2-6-10-8-4-3-7-9(10)5-1;1-2;/h1-2,5-6H,3,7-8H2;1-2H3;. The number of hydrogen-bond donors (Lipinski definition) is 0. The van der Waals surface area contributed by atoms with E-state index in [0.717, 1.165) is 0 Å². The number of benzene rings is 1. The minimum absolute atomic E-state index is 1.24. The Morgan fingerprint density at radius 1 is 1.00 bits per heavy atom. The molecule has 0 amide bonds. The van der Waals surface area contributed by atoms with Gasteiger partial charge in [-0.3, -0.25) is 0 Å². The van der Waals surface area contributed by atoms with Gasteiger partial charge < -0.3 is 0 Å². The van der Waals surface area contributed by atoms with Crippen LogP contribution >= 0.6 is 0 Å². The van der Waals surface area contributed by atoms with Gasteiger partial charge in [-0.25, -0.2) is 0 Å². The first kappa shape index (κ1) is 10.9. The second kappa shape index (κ2) is 5.50. The van der Waals surface area contributed by atoms with Crippen LogP contribution in [0.3, 0.4) is 0 Å². The van der Waals surface area contributed by atoms with Gasteiger partial charge >= 0.3 is 77.9 Å². The molecular formula is C12H16W. The van der Waals surface area contributed by atoms with Crippen LogP contribution in [-0.2, 0) is 32.2 Å². The van der Waals surface area contributed by atoms with Crippen LogP contribution in [0.4, 0.5) is 0 Å². The van der Waals surface area contributed by atoms with Crippen molar-refractivity contribution in [2.24, 2.45) is 0 Å². The van der Waals surface area contributed by atoms with Gasteiger partial charge in [0.1, 0.15) is 0 Å². The van der Waals surface area contributed by atoms with E-state index in [9.17, 15) is 0 Å². The molecule has 1 aromatic rings. The predicted octanol–water partition coefficient (Wildman–Crippen LogP) is 2.92. The third kappa shape index (κ3) is 2.88. The Hall–Kier alpha value is -0.222. The van der Waals surface area contributed by atoms with Crippen molar-refractivity contribution in [1.29, 1.82) is 0 Å². The zero-order valence-corrected chi connectivity index (χ0v) is 11.3. The van der Waals surface area contributed by atoms with Crippen molar-refractivity contribution in [3.63, 3.8) is 0 Å². The van der Waals surface area contributed by atoms with Gasteiger partial charge in [0.05, 0.1) is 0 Å². The maximum absolute atomic E-state index is 2.26. The summed E-state index contributed by atoms with van der Waals surface area (Å²) in [6, 6.07) is 8.81. The summed E-state index contributed by atoms with van der Waals surface area (Å²) in [6.07, 6.45) is 3.84. The summed E-state index contributed by atoms with van der Waals surface area (Å²) in [5.74, 6) is 0. The van der Waals surface area contributed by atoms with Crippen LogP contribution in [0, 0.1) is 0 Å². The maximum atomic E-state index is 2.26. The van der Waals surface area contributed by atoms with Gasteiger partial charge in [-0.1, -0.05) is 13.8 Å². The molecule has 0 nitrogen and oxygen atoms in total. The first-order chi connectivity index (χ1) is 6.36. The fourth-order valence-corrected chi connectivity index (χ4v) is 2.47. The van der Waals surface area contributed by atoms with Gasteiger partial charge in [0.2, 0.25) is 0 Å². The van der Waals surface area contributed by atoms with E-state index < -0.39 is 0 Å². The molecule has 1 heteroatoms. The molecular weight excluding hydrogens is 328 g/mol. The molecule has 0 spiro atoms. The van der Waals surface area contributed by atoms with E-state index in [2.05, 4.69) is 24.3 Å². The Balaban J connectivity index is 0.000000396. The summed E-state index contributed by atoms with van der Waals surface area (Å²) in [5.41, 5.74) is 3.13. The Labute approximate surface area is 91.8 Å². The molecule has 0 unspecified atom stereocenters. The molecule has 2 rings (SSSR count). The first-order valence-corrected chi connectivity index (χ1v) is 6.41. The van der Waals surface area contributed by atoms with Gasteiger partial charge in [0, 0.05) is 0 Å². The summed E-state index contributed by atoms with van der Waals surface area (Å²) in [6.45, 7) is 4.00. The molecule has 0 N–H and O–H groups in total. The monoisotopic (exact) mass is 344 g/mol. The third-order valence-corrected chi connectivity index (χ3v) is 3.43. The molecule has 0 atom stereocenters. The topological polar surface area (TPSA) is 0 Å². The normalized spacial score (nSPS) is 14.2. The van der Waals surface area contributed by atoms with Gasteiger partial charge in [-0.2, -0.15) is 0 Å². The molecule has 1 aromatic carbocycles. The zero-order chi connectivity index (χ0) is 9.68. The Kier molecular flexibility index (Phi) is 4.59. The van der Waals surface area contributed by atoms with Gasteiger partial charge in [-0.15, -0.1) is 0 Å². The summed E-state index contributed by atoms with van der Waals surface area (Å²) >= 11 is 1.68. The van der Waals surface area contributed by atoms with Crippen molar-refractivity contribution in [1.82, 2.24) is 0 Å². The van der Waals surface area contributed by atoms with E-state index in [1.807, 2.05) is 13.8 Å². The molecule has 13 heavy (non-hydrogen) atoms. The Morgan fingerprint density at radius 2 is 1.62 bits per heavy atom. The second-order valence-corrected chi connectivity index (χ2v) is 5.06. The van der Waals surface area contributed by atoms with Crippen LogP contribution < -0.4 is 0 Å². The fourth-order valence-electron chi connectivity index (χ4n) is 1.55. The molecule has 0 saturated heterocycles. The molecule has 0 radical (unpaired) electrons. The van der Waals surface area contributed by atoms with E-state index in [1.165, 1.54) is 19.3 Å². The quantitative estimate of drug-likeness (QED) is 0.679. The van der Waals surface area contributed by atoms with E-state index in [-0.39, 0.29) is 0 Å². The summed E-state index contributed by atoms with van der Waals surface area (Å²) in [5, 5.41) is 0. The first-order valence-electron chi connectivity index (χ1n) is 4.95.